The fourth-order valence-corrected chi connectivity index (χ4v) is 3.12. The molecule has 0 spiro atoms. The predicted molar refractivity (Wildman–Crippen MR) is 92.4 cm³/mol. The van der Waals surface area contributed by atoms with Gasteiger partial charge in [-0.25, -0.2) is 0 Å². The Morgan fingerprint density at radius 2 is 2.12 bits per heavy atom. The Bertz CT molecular complexity index is 508. The highest BCUT2D eigenvalue weighted by Crippen LogP contribution is 2.28. The van der Waals surface area contributed by atoms with Gasteiger partial charge in [0.05, 0.1) is 6.54 Å². The molecule has 1 saturated carbocycles. The summed E-state index contributed by atoms with van der Waals surface area (Å²) in [6.07, 6.45) is 8.84. The zero-order valence-corrected chi connectivity index (χ0v) is 14.8. The number of rotatable bonds is 9. The minimum atomic E-state index is -0.234. The van der Waals surface area contributed by atoms with Crippen LogP contribution in [0.5, 0.6) is 0 Å². The van der Waals surface area contributed by atoms with E-state index in [0.717, 1.165) is 12.8 Å². The van der Waals surface area contributed by atoms with Crippen LogP contribution in [-0.4, -0.2) is 35.0 Å². The largest absolute Gasteiger partial charge is 0.363 e. The van der Waals surface area contributed by atoms with Crippen molar-refractivity contribution in [3.8, 4) is 0 Å². The summed E-state index contributed by atoms with van der Waals surface area (Å²) in [5.74, 6) is 1.40. The van der Waals surface area contributed by atoms with Crippen molar-refractivity contribution in [2.24, 2.45) is 11.8 Å². The van der Waals surface area contributed by atoms with Crippen LogP contribution in [-0.2, 0) is 9.59 Å². The number of aromatic nitrogens is 1. The molecule has 6 heteroatoms. The van der Waals surface area contributed by atoms with E-state index in [2.05, 4.69) is 24.3 Å². The second kappa shape index (κ2) is 9.45. The van der Waals surface area contributed by atoms with E-state index < -0.39 is 0 Å². The summed E-state index contributed by atoms with van der Waals surface area (Å²) in [7, 11) is 0. The van der Waals surface area contributed by atoms with Gasteiger partial charge in [0.25, 0.3) is 0 Å². The van der Waals surface area contributed by atoms with Gasteiger partial charge in [-0.1, -0.05) is 44.7 Å². The maximum Gasteiger partial charge on any atom is 0.245 e. The molecule has 0 saturated heterocycles. The first-order valence-corrected chi connectivity index (χ1v) is 9.02. The van der Waals surface area contributed by atoms with E-state index >= 15 is 0 Å². The number of amides is 2. The molecule has 1 heterocycles. The summed E-state index contributed by atoms with van der Waals surface area (Å²) in [6.45, 7) is 4.93. The maximum atomic E-state index is 12.6. The molecule has 0 unspecified atom stereocenters. The molecule has 0 bridgehead atoms. The predicted octanol–water partition coefficient (Wildman–Crippen LogP) is 3.46. The van der Waals surface area contributed by atoms with Crippen molar-refractivity contribution in [3.63, 3.8) is 0 Å². The van der Waals surface area contributed by atoms with E-state index in [4.69, 9.17) is 4.52 Å². The van der Waals surface area contributed by atoms with Crippen molar-refractivity contribution in [3.05, 3.63) is 12.3 Å². The van der Waals surface area contributed by atoms with Crippen LogP contribution >= 0.6 is 0 Å². The van der Waals surface area contributed by atoms with Gasteiger partial charge in [-0.05, 0) is 24.7 Å². The summed E-state index contributed by atoms with van der Waals surface area (Å²) in [5.41, 5.74) is 0. The maximum absolute atomic E-state index is 12.6. The van der Waals surface area contributed by atoms with E-state index in [1.165, 1.54) is 31.9 Å². The molecule has 0 atom stereocenters. The van der Waals surface area contributed by atoms with Gasteiger partial charge in [-0.2, -0.15) is 0 Å². The first-order valence-electron chi connectivity index (χ1n) is 9.02. The number of carbonyl (C=O) groups is 2. The van der Waals surface area contributed by atoms with Crippen molar-refractivity contribution < 1.29 is 14.1 Å². The highest BCUT2D eigenvalue weighted by Gasteiger charge is 2.21. The lowest BCUT2D eigenvalue weighted by Crippen LogP contribution is -2.39. The molecule has 134 valence electrons. The molecule has 1 aromatic rings. The van der Waals surface area contributed by atoms with Gasteiger partial charge < -0.3 is 14.7 Å². The monoisotopic (exact) mass is 335 g/mol. The van der Waals surface area contributed by atoms with Crippen LogP contribution in [0.25, 0.3) is 0 Å². The fourth-order valence-electron chi connectivity index (χ4n) is 3.12. The number of anilines is 1. The number of carbonyl (C=O) groups excluding carboxylic acids is 2. The Kier molecular flexibility index (Phi) is 7.28. The molecule has 1 aliphatic carbocycles. The summed E-state index contributed by atoms with van der Waals surface area (Å²) in [5, 5.41) is 6.32. The molecular weight excluding hydrogens is 306 g/mol. The van der Waals surface area contributed by atoms with Crippen molar-refractivity contribution in [1.82, 2.24) is 10.1 Å². The SMILES string of the molecule is CC(C)CCN(CC(=O)Nc1ccon1)C(=O)CCC1CCCC1. The molecule has 0 aromatic carbocycles. The van der Waals surface area contributed by atoms with Gasteiger partial charge in [-0.15, -0.1) is 0 Å². The number of nitrogens with zero attached hydrogens (tertiary/aromatic N) is 2. The lowest BCUT2D eigenvalue weighted by atomic mass is 10.0. The normalized spacial score (nSPS) is 15.0. The quantitative estimate of drug-likeness (QED) is 0.750. The molecule has 1 fully saturated rings. The van der Waals surface area contributed by atoms with E-state index in [1.54, 1.807) is 11.0 Å². The lowest BCUT2D eigenvalue weighted by Gasteiger charge is -2.23. The smallest absolute Gasteiger partial charge is 0.245 e. The van der Waals surface area contributed by atoms with Crippen LogP contribution in [0.2, 0.25) is 0 Å². The highest BCUT2D eigenvalue weighted by atomic mass is 16.5. The second-order valence-corrected chi connectivity index (χ2v) is 7.12. The van der Waals surface area contributed by atoms with Gasteiger partial charge in [-0.3, -0.25) is 9.59 Å². The Hall–Kier alpha value is -1.85. The summed E-state index contributed by atoms with van der Waals surface area (Å²) in [4.78, 5) is 26.4. The van der Waals surface area contributed by atoms with E-state index in [-0.39, 0.29) is 18.4 Å². The topological polar surface area (TPSA) is 75.4 Å². The molecule has 2 amide bonds. The van der Waals surface area contributed by atoms with Gasteiger partial charge in [0.2, 0.25) is 11.8 Å². The van der Waals surface area contributed by atoms with E-state index in [9.17, 15) is 9.59 Å². The van der Waals surface area contributed by atoms with Crippen molar-refractivity contribution in [2.75, 3.05) is 18.4 Å². The third-order valence-electron chi connectivity index (χ3n) is 4.61. The van der Waals surface area contributed by atoms with Gasteiger partial charge in [0.1, 0.15) is 6.26 Å². The molecule has 1 aromatic heterocycles. The molecule has 6 nitrogen and oxygen atoms in total. The first kappa shape index (κ1) is 18.5. The molecule has 1 aliphatic rings. The third-order valence-corrected chi connectivity index (χ3v) is 4.61. The lowest BCUT2D eigenvalue weighted by molar-refractivity contribution is -0.135. The zero-order chi connectivity index (χ0) is 17.4. The van der Waals surface area contributed by atoms with Crippen LogP contribution in [0, 0.1) is 11.8 Å². The van der Waals surface area contributed by atoms with E-state index in [0.29, 0.717) is 30.6 Å². The molecule has 0 radical (unpaired) electrons. The number of hydrogen-bond acceptors (Lipinski definition) is 4. The highest BCUT2D eigenvalue weighted by molar-refractivity contribution is 5.93. The van der Waals surface area contributed by atoms with Crippen LogP contribution < -0.4 is 5.32 Å². The standard InChI is InChI=1S/C18H29N3O3/c1-14(2)9-11-21(13-17(22)19-16-10-12-24-20-16)18(23)8-7-15-5-3-4-6-15/h10,12,14-15H,3-9,11,13H2,1-2H3,(H,19,20,22). The van der Waals surface area contributed by atoms with Crippen molar-refractivity contribution in [2.45, 2.75) is 58.8 Å². The Morgan fingerprint density at radius 1 is 1.38 bits per heavy atom. The van der Waals surface area contributed by atoms with Crippen LogP contribution in [0.1, 0.15) is 58.8 Å². The molecular formula is C18H29N3O3. The average Bonchev–Trinajstić information content (AvgIpc) is 3.22. The fraction of sp³-hybridized carbons (Fsp3) is 0.722. The second-order valence-electron chi connectivity index (χ2n) is 7.12. The Morgan fingerprint density at radius 3 is 2.75 bits per heavy atom. The van der Waals surface area contributed by atoms with Crippen LogP contribution in [0.4, 0.5) is 5.82 Å². The molecule has 24 heavy (non-hydrogen) atoms. The van der Waals surface area contributed by atoms with E-state index in [1.807, 2.05) is 0 Å². The van der Waals surface area contributed by atoms with Crippen molar-refractivity contribution in [1.29, 1.82) is 0 Å². The molecule has 0 aliphatic heterocycles. The van der Waals surface area contributed by atoms with Gasteiger partial charge in [0.15, 0.2) is 5.82 Å². The first-order chi connectivity index (χ1) is 11.5. The third kappa shape index (κ3) is 6.34. The Labute approximate surface area is 143 Å². The zero-order valence-electron chi connectivity index (χ0n) is 14.8. The Balaban J connectivity index is 1.84. The van der Waals surface area contributed by atoms with Crippen molar-refractivity contribution >= 4 is 17.6 Å². The summed E-state index contributed by atoms with van der Waals surface area (Å²) >= 11 is 0. The summed E-state index contributed by atoms with van der Waals surface area (Å²) < 4.78 is 4.70. The number of hydrogen-bond donors (Lipinski definition) is 1. The molecule has 2 rings (SSSR count). The summed E-state index contributed by atoms with van der Waals surface area (Å²) in [6, 6.07) is 1.58. The average molecular weight is 335 g/mol. The van der Waals surface area contributed by atoms with Gasteiger partial charge in [0, 0.05) is 19.0 Å². The minimum absolute atomic E-state index is 0.0725. The van der Waals surface area contributed by atoms with Gasteiger partial charge >= 0.3 is 0 Å². The molecule has 1 N–H and O–H groups in total. The minimum Gasteiger partial charge on any atom is -0.363 e. The van der Waals surface area contributed by atoms with Crippen LogP contribution in [0.15, 0.2) is 16.9 Å². The number of nitrogens with one attached hydrogen (secondary N) is 1. The van der Waals surface area contributed by atoms with Crippen LogP contribution in [0.3, 0.4) is 0 Å².